The Morgan fingerprint density at radius 2 is 2.00 bits per heavy atom. The van der Waals surface area contributed by atoms with Gasteiger partial charge < -0.3 is 10.2 Å². The van der Waals surface area contributed by atoms with Gasteiger partial charge in [-0.3, -0.25) is 4.79 Å². The van der Waals surface area contributed by atoms with E-state index in [2.05, 4.69) is 55.3 Å². The van der Waals surface area contributed by atoms with E-state index in [1.807, 2.05) is 0 Å². The summed E-state index contributed by atoms with van der Waals surface area (Å²) in [6.07, 6.45) is 4.70. The largest absolute Gasteiger partial charge is 0.359 e. The molecule has 0 radical (unpaired) electrons. The molecule has 0 saturated heterocycles. The van der Waals surface area contributed by atoms with E-state index in [-0.39, 0.29) is 5.91 Å². The maximum Gasteiger partial charge on any atom is 0.239 e. The number of hydrogen-bond acceptors (Lipinski definition) is 2. The second-order valence-electron chi connectivity index (χ2n) is 7.25. The van der Waals surface area contributed by atoms with E-state index in [1.165, 1.54) is 24.1 Å². The number of amides is 1. The molecule has 0 aromatic heterocycles. The lowest BCUT2D eigenvalue weighted by Crippen LogP contribution is -2.48. The van der Waals surface area contributed by atoms with E-state index in [0.717, 1.165) is 12.8 Å². The van der Waals surface area contributed by atoms with E-state index >= 15 is 0 Å². The van der Waals surface area contributed by atoms with Gasteiger partial charge in [0.05, 0.1) is 6.54 Å². The smallest absolute Gasteiger partial charge is 0.239 e. The van der Waals surface area contributed by atoms with Crippen molar-refractivity contribution < 1.29 is 4.79 Å². The van der Waals surface area contributed by atoms with Gasteiger partial charge in [0.15, 0.2) is 0 Å². The van der Waals surface area contributed by atoms with Crippen molar-refractivity contribution in [3.05, 3.63) is 29.8 Å². The predicted molar refractivity (Wildman–Crippen MR) is 91.1 cm³/mol. The SMILES string of the molecule is C[C@H]1[C@H](C)CCC[C@@H]1NC(=O)CN1c2ccccc2C[C@H]1C. The highest BCUT2D eigenvalue weighted by Crippen LogP contribution is 2.32. The number of carbonyl (C=O) groups is 1. The zero-order valence-electron chi connectivity index (χ0n) is 14.0. The fourth-order valence-electron chi connectivity index (χ4n) is 4.06. The Labute approximate surface area is 134 Å². The molecule has 1 saturated carbocycles. The maximum absolute atomic E-state index is 12.5. The molecule has 1 aliphatic heterocycles. The fraction of sp³-hybridized carbons (Fsp3) is 0.632. The minimum atomic E-state index is 0.175. The molecule has 1 aliphatic carbocycles. The van der Waals surface area contributed by atoms with Crippen LogP contribution in [0.25, 0.3) is 0 Å². The molecule has 2 aliphatic rings. The van der Waals surface area contributed by atoms with Gasteiger partial charge in [-0.15, -0.1) is 0 Å². The first-order valence-electron chi connectivity index (χ1n) is 8.70. The Morgan fingerprint density at radius 3 is 2.82 bits per heavy atom. The third-order valence-electron chi connectivity index (χ3n) is 5.72. The van der Waals surface area contributed by atoms with Crippen molar-refractivity contribution >= 4 is 11.6 Å². The summed E-state index contributed by atoms with van der Waals surface area (Å²) < 4.78 is 0. The van der Waals surface area contributed by atoms with E-state index in [9.17, 15) is 4.79 Å². The number of rotatable bonds is 3. The van der Waals surface area contributed by atoms with Crippen LogP contribution in [0.4, 0.5) is 5.69 Å². The number of anilines is 1. The first kappa shape index (κ1) is 15.4. The van der Waals surface area contributed by atoms with Crippen molar-refractivity contribution in [2.45, 2.75) is 58.5 Å². The van der Waals surface area contributed by atoms with Gasteiger partial charge in [0.1, 0.15) is 0 Å². The van der Waals surface area contributed by atoms with Crippen LogP contribution in [-0.2, 0) is 11.2 Å². The molecule has 1 aromatic rings. The number of carbonyl (C=O) groups excluding carboxylic acids is 1. The molecule has 4 atom stereocenters. The first-order chi connectivity index (χ1) is 10.6. The van der Waals surface area contributed by atoms with Crippen molar-refractivity contribution in [3.8, 4) is 0 Å². The highest BCUT2D eigenvalue weighted by atomic mass is 16.2. The Bertz CT molecular complexity index is 542. The molecule has 1 amide bonds. The van der Waals surface area contributed by atoms with Crippen molar-refractivity contribution in [3.63, 3.8) is 0 Å². The minimum Gasteiger partial charge on any atom is -0.359 e. The lowest BCUT2D eigenvalue weighted by molar-refractivity contribution is -0.121. The summed E-state index contributed by atoms with van der Waals surface area (Å²) in [5, 5.41) is 3.30. The zero-order valence-corrected chi connectivity index (χ0v) is 14.0. The summed E-state index contributed by atoms with van der Waals surface area (Å²) in [4.78, 5) is 14.8. The van der Waals surface area contributed by atoms with Gasteiger partial charge >= 0.3 is 0 Å². The molecule has 1 fully saturated rings. The third-order valence-corrected chi connectivity index (χ3v) is 5.72. The number of para-hydroxylation sites is 1. The Balaban J connectivity index is 1.62. The quantitative estimate of drug-likeness (QED) is 0.928. The number of hydrogen-bond donors (Lipinski definition) is 1. The van der Waals surface area contributed by atoms with Crippen molar-refractivity contribution in [2.75, 3.05) is 11.4 Å². The molecule has 3 heteroatoms. The van der Waals surface area contributed by atoms with Crippen LogP contribution in [0.15, 0.2) is 24.3 Å². The summed E-state index contributed by atoms with van der Waals surface area (Å²) in [6, 6.07) is 9.22. The average molecular weight is 300 g/mol. The van der Waals surface area contributed by atoms with Gasteiger partial charge in [0, 0.05) is 17.8 Å². The predicted octanol–water partition coefficient (Wildman–Crippen LogP) is 3.38. The summed E-state index contributed by atoms with van der Waals surface area (Å²) >= 11 is 0. The standard InChI is InChI=1S/C19H28N2O/c1-13-7-6-9-17(15(13)3)20-19(22)12-21-14(2)11-16-8-4-5-10-18(16)21/h4-5,8,10,13-15,17H,6-7,9,11-12H2,1-3H3,(H,20,22)/t13-,14-,15+,17+/m1/s1. The number of fused-ring (bicyclic) bond motifs is 1. The monoisotopic (exact) mass is 300 g/mol. The summed E-state index contributed by atoms with van der Waals surface area (Å²) in [7, 11) is 0. The molecule has 1 aromatic carbocycles. The molecule has 1 heterocycles. The topological polar surface area (TPSA) is 32.3 Å². The van der Waals surface area contributed by atoms with Gasteiger partial charge in [-0.2, -0.15) is 0 Å². The lowest BCUT2D eigenvalue weighted by Gasteiger charge is -2.35. The molecule has 0 unspecified atom stereocenters. The van der Waals surface area contributed by atoms with Crippen LogP contribution in [0, 0.1) is 11.8 Å². The molecule has 3 rings (SSSR count). The number of benzene rings is 1. The van der Waals surface area contributed by atoms with Gasteiger partial charge in [-0.25, -0.2) is 0 Å². The Hall–Kier alpha value is -1.51. The summed E-state index contributed by atoms with van der Waals surface area (Å²) in [6.45, 7) is 7.28. The van der Waals surface area contributed by atoms with Gasteiger partial charge in [-0.1, -0.05) is 44.9 Å². The second-order valence-corrected chi connectivity index (χ2v) is 7.25. The summed E-state index contributed by atoms with van der Waals surface area (Å²) in [5.41, 5.74) is 2.60. The second kappa shape index (κ2) is 6.31. The van der Waals surface area contributed by atoms with Crippen LogP contribution in [-0.4, -0.2) is 24.5 Å². The Kier molecular flexibility index (Phi) is 4.42. The fourth-order valence-corrected chi connectivity index (χ4v) is 4.06. The van der Waals surface area contributed by atoms with Crippen LogP contribution < -0.4 is 10.2 Å². The van der Waals surface area contributed by atoms with Gasteiger partial charge in [-0.05, 0) is 43.2 Å². The summed E-state index contributed by atoms with van der Waals surface area (Å²) in [5.74, 6) is 1.47. The van der Waals surface area contributed by atoms with Crippen LogP contribution in [0.5, 0.6) is 0 Å². The number of nitrogens with zero attached hydrogens (tertiary/aromatic N) is 1. The highest BCUT2D eigenvalue weighted by Gasteiger charge is 2.30. The Morgan fingerprint density at radius 1 is 1.23 bits per heavy atom. The van der Waals surface area contributed by atoms with Crippen molar-refractivity contribution in [1.82, 2.24) is 5.32 Å². The highest BCUT2D eigenvalue weighted by molar-refractivity contribution is 5.82. The molecule has 0 spiro atoms. The minimum absolute atomic E-state index is 0.175. The van der Waals surface area contributed by atoms with Crippen LogP contribution in [0.1, 0.15) is 45.6 Å². The molecule has 120 valence electrons. The van der Waals surface area contributed by atoms with E-state index in [1.54, 1.807) is 0 Å². The van der Waals surface area contributed by atoms with Crippen LogP contribution in [0.2, 0.25) is 0 Å². The molecule has 0 bridgehead atoms. The van der Waals surface area contributed by atoms with Gasteiger partial charge in [0.25, 0.3) is 0 Å². The van der Waals surface area contributed by atoms with E-state index < -0.39 is 0 Å². The van der Waals surface area contributed by atoms with Crippen molar-refractivity contribution in [2.24, 2.45) is 11.8 Å². The van der Waals surface area contributed by atoms with E-state index in [0.29, 0.717) is 30.5 Å². The lowest BCUT2D eigenvalue weighted by atomic mass is 9.78. The zero-order chi connectivity index (χ0) is 15.7. The van der Waals surface area contributed by atoms with E-state index in [4.69, 9.17) is 0 Å². The van der Waals surface area contributed by atoms with Crippen LogP contribution in [0.3, 0.4) is 0 Å². The molecular formula is C19H28N2O. The molecule has 3 nitrogen and oxygen atoms in total. The molecule has 22 heavy (non-hydrogen) atoms. The molecule has 1 N–H and O–H groups in total. The van der Waals surface area contributed by atoms with Crippen molar-refractivity contribution in [1.29, 1.82) is 0 Å². The average Bonchev–Trinajstić information content (AvgIpc) is 2.80. The maximum atomic E-state index is 12.5. The number of nitrogens with one attached hydrogen (secondary N) is 1. The first-order valence-corrected chi connectivity index (χ1v) is 8.70. The van der Waals surface area contributed by atoms with Gasteiger partial charge in [0.2, 0.25) is 5.91 Å². The third kappa shape index (κ3) is 2.99. The normalized spacial score (nSPS) is 31.0. The molecular weight excluding hydrogens is 272 g/mol. The van der Waals surface area contributed by atoms with Crippen LogP contribution >= 0.6 is 0 Å².